The Morgan fingerprint density at radius 1 is 0.620 bits per heavy atom. The SMILES string of the molecule is O=C([O-])CN(CCN(CC(=O)[O-])CC(COP(=O)([O-])OCCCCCCCCCCc1ccccc1)N(CC(=O)[O-])CC(=O)[O-])CC(=O)[O-].[Gd+3]. The molecule has 283 valence electrons. The van der Waals surface area contributed by atoms with Gasteiger partial charge in [-0.1, -0.05) is 68.9 Å². The molecular formula is C31H44GdN3O14P-3. The average Bonchev–Trinajstić information content (AvgIpc) is 2.99. The minimum atomic E-state index is -4.99. The number of aryl methyl sites for hydroxylation is 1. The number of phosphoric acid groups is 1. The van der Waals surface area contributed by atoms with Gasteiger partial charge in [0.05, 0.1) is 43.1 Å². The Hall–Kier alpha value is -2.12. The van der Waals surface area contributed by atoms with Crippen LogP contribution in [0.2, 0.25) is 0 Å². The third kappa shape index (κ3) is 25.8. The third-order valence-electron chi connectivity index (χ3n) is 7.32. The zero-order valence-electron chi connectivity index (χ0n) is 27.8. The van der Waals surface area contributed by atoms with E-state index >= 15 is 0 Å². The molecule has 19 heteroatoms. The minimum absolute atomic E-state index is 0. The first-order valence-corrected chi connectivity index (χ1v) is 17.4. The van der Waals surface area contributed by atoms with Crippen molar-refractivity contribution < 1.29 is 108 Å². The van der Waals surface area contributed by atoms with E-state index in [-0.39, 0.29) is 59.6 Å². The molecule has 0 heterocycles. The summed E-state index contributed by atoms with van der Waals surface area (Å²) in [6, 6.07) is 8.82. The smallest absolute Gasteiger partial charge is 0.756 e. The Morgan fingerprint density at radius 2 is 1.06 bits per heavy atom. The molecule has 0 N–H and O–H groups in total. The summed E-state index contributed by atoms with van der Waals surface area (Å²) in [4.78, 5) is 71.2. The van der Waals surface area contributed by atoms with Crippen molar-refractivity contribution in [2.24, 2.45) is 0 Å². The standard InChI is InChI=1S/C31H50N3O14P.Gd/c35-27(36)19-32(15-16-33(20-28(37)38)21-29(39)40)18-26(34(22-30(41)42)23-31(43)44)24-48-49(45,46)47-17-11-6-4-2-1-3-5-8-12-25-13-9-7-10-14-25;/h7,9-10,13-14,26H,1-6,8,11-12,15-24H2,(H,35,36)(H,37,38)(H,39,40)(H,41,42)(H,43,44)(H,45,46);/q;+3/p-6. The van der Waals surface area contributed by atoms with Gasteiger partial charge in [0.1, 0.15) is 0 Å². The topological polar surface area (TPSA) is 269 Å². The van der Waals surface area contributed by atoms with Crippen LogP contribution in [-0.2, 0) is 44.0 Å². The van der Waals surface area contributed by atoms with Gasteiger partial charge in [0.2, 0.25) is 0 Å². The van der Waals surface area contributed by atoms with Crippen LogP contribution in [0.1, 0.15) is 56.9 Å². The summed E-state index contributed by atoms with van der Waals surface area (Å²) in [5.74, 6) is -8.42. The van der Waals surface area contributed by atoms with E-state index < -0.39 is 89.6 Å². The van der Waals surface area contributed by atoms with Crippen LogP contribution in [0.15, 0.2) is 30.3 Å². The van der Waals surface area contributed by atoms with Gasteiger partial charge in [-0.25, -0.2) is 0 Å². The number of hydrogen-bond donors (Lipinski definition) is 0. The predicted octanol–water partition coefficient (Wildman–Crippen LogP) is -5.12. The summed E-state index contributed by atoms with van der Waals surface area (Å²) >= 11 is 0. The van der Waals surface area contributed by atoms with E-state index in [1.54, 1.807) is 0 Å². The molecular weight excluding hydrogens is 827 g/mol. The Bertz CT molecular complexity index is 1180. The first-order valence-electron chi connectivity index (χ1n) is 16.0. The molecule has 0 aliphatic rings. The number of carboxylic acids is 5. The number of carboxylic acid groups (broad SMARTS) is 5. The van der Waals surface area contributed by atoms with Crippen LogP contribution in [0, 0.1) is 39.9 Å². The molecule has 17 nitrogen and oxygen atoms in total. The van der Waals surface area contributed by atoms with Crippen molar-refractivity contribution >= 4 is 37.7 Å². The van der Waals surface area contributed by atoms with Crippen LogP contribution in [0.3, 0.4) is 0 Å². The number of benzene rings is 1. The Balaban J connectivity index is 0.0000240. The molecule has 0 aliphatic carbocycles. The fourth-order valence-electron chi connectivity index (χ4n) is 5.02. The predicted molar refractivity (Wildman–Crippen MR) is 160 cm³/mol. The van der Waals surface area contributed by atoms with E-state index in [0.29, 0.717) is 17.7 Å². The maximum absolute atomic E-state index is 12.5. The number of unbranched alkanes of at least 4 members (excludes halogenated alkanes) is 7. The molecule has 1 radical (unpaired) electrons. The van der Waals surface area contributed by atoms with Gasteiger partial charge in [0, 0.05) is 58.4 Å². The molecule has 2 atom stereocenters. The van der Waals surface area contributed by atoms with Crippen LogP contribution in [-0.4, -0.2) is 116 Å². The van der Waals surface area contributed by atoms with Crippen LogP contribution in [0.5, 0.6) is 0 Å². The van der Waals surface area contributed by atoms with Crippen molar-refractivity contribution in [2.45, 2.75) is 63.8 Å². The number of rotatable bonds is 31. The van der Waals surface area contributed by atoms with E-state index in [0.717, 1.165) is 54.7 Å². The Labute approximate surface area is 323 Å². The molecule has 0 saturated heterocycles. The molecule has 1 aromatic carbocycles. The summed E-state index contributed by atoms with van der Waals surface area (Å²) in [6.07, 6.45) is 8.36. The average molecular weight is 871 g/mol. The second-order valence-corrected chi connectivity index (χ2v) is 12.9. The van der Waals surface area contributed by atoms with Crippen molar-refractivity contribution in [3.63, 3.8) is 0 Å². The number of aliphatic carboxylic acids is 5. The Kier molecular flexibility index (Phi) is 26.4. The molecule has 50 heavy (non-hydrogen) atoms. The van der Waals surface area contributed by atoms with Crippen molar-refractivity contribution in [1.82, 2.24) is 14.7 Å². The van der Waals surface area contributed by atoms with E-state index in [1.165, 1.54) is 5.56 Å². The monoisotopic (exact) mass is 871 g/mol. The van der Waals surface area contributed by atoms with Crippen molar-refractivity contribution in [3.8, 4) is 0 Å². The van der Waals surface area contributed by atoms with Crippen molar-refractivity contribution in [1.29, 1.82) is 0 Å². The fraction of sp³-hybridized carbons (Fsp3) is 0.645. The van der Waals surface area contributed by atoms with Crippen LogP contribution >= 0.6 is 7.82 Å². The summed E-state index contributed by atoms with van der Waals surface area (Å²) in [6.45, 7) is -7.03. The van der Waals surface area contributed by atoms with Gasteiger partial charge in [0.25, 0.3) is 7.82 Å². The van der Waals surface area contributed by atoms with E-state index in [4.69, 9.17) is 9.05 Å². The fourth-order valence-corrected chi connectivity index (χ4v) is 5.81. The van der Waals surface area contributed by atoms with Gasteiger partial charge in [-0.2, -0.15) is 0 Å². The van der Waals surface area contributed by atoms with Gasteiger partial charge in [0.15, 0.2) is 0 Å². The molecule has 0 saturated carbocycles. The molecule has 0 spiro atoms. The zero-order valence-corrected chi connectivity index (χ0v) is 30.9. The minimum Gasteiger partial charge on any atom is -0.756 e. The number of hydrogen-bond acceptors (Lipinski definition) is 17. The molecule has 0 aliphatic heterocycles. The normalized spacial score (nSPS) is 13.1. The van der Waals surface area contributed by atoms with Gasteiger partial charge < -0.3 is 63.4 Å². The molecule has 0 aromatic heterocycles. The van der Waals surface area contributed by atoms with Crippen LogP contribution in [0.25, 0.3) is 0 Å². The van der Waals surface area contributed by atoms with Gasteiger partial charge in [-0.3, -0.25) is 19.3 Å². The van der Waals surface area contributed by atoms with Crippen LogP contribution in [0.4, 0.5) is 0 Å². The number of carbonyl (C=O) groups excluding carboxylic acids is 5. The third-order valence-corrected chi connectivity index (χ3v) is 8.28. The molecule has 1 aromatic rings. The molecule has 0 bridgehead atoms. The molecule has 0 amide bonds. The second-order valence-electron chi connectivity index (χ2n) is 11.5. The zero-order chi connectivity index (χ0) is 36.7. The summed E-state index contributed by atoms with van der Waals surface area (Å²) in [5.41, 5.74) is 1.31. The largest absolute Gasteiger partial charge is 3.00 e. The van der Waals surface area contributed by atoms with Gasteiger partial charge in [-0.05, 0) is 24.8 Å². The maximum atomic E-state index is 12.5. The van der Waals surface area contributed by atoms with Crippen LogP contribution < -0.4 is 30.4 Å². The molecule has 0 fully saturated rings. The number of phosphoric ester groups is 1. The first kappa shape index (κ1) is 47.9. The van der Waals surface area contributed by atoms with Crippen molar-refractivity contribution in [2.75, 3.05) is 65.6 Å². The van der Waals surface area contributed by atoms with Crippen molar-refractivity contribution in [3.05, 3.63) is 35.9 Å². The summed E-state index contributed by atoms with van der Waals surface area (Å²) in [7, 11) is -4.99. The maximum Gasteiger partial charge on any atom is 3.00 e. The van der Waals surface area contributed by atoms with E-state index in [2.05, 4.69) is 12.1 Å². The molecule has 2 unspecified atom stereocenters. The van der Waals surface area contributed by atoms with E-state index in [9.17, 15) is 59.0 Å². The first-order chi connectivity index (χ1) is 23.2. The number of carbonyl (C=O) groups is 5. The van der Waals surface area contributed by atoms with E-state index in [1.807, 2.05) is 18.2 Å². The Morgan fingerprint density at radius 3 is 1.56 bits per heavy atom. The van der Waals surface area contributed by atoms with Gasteiger partial charge >= 0.3 is 39.9 Å². The summed E-state index contributed by atoms with van der Waals surface area (Å²) in [5, 5.41) is 56.1. The second kappa shape index (κ2) is 27.5. The number of nitrogens with zero attached hydrogens (tertiary/aromatic N) is 3. The molecule has 1 rings (SSSR count). The van der Waals surface area contributed by atoms with Gasteiger partial charge in [-0.15, -0.1) is 0 Å². The quantitative estimate of drug-likeness (QED) is 0.0499. The summed E-state index contributed by atoms with van der Waals surface area (Å²) < 4.78 is 22.3.